The van der Waals surface area contributed by atoms with Crippen LogP contribution in [-0.4, -0.2) is 25.3 Å². The van der Waals surface area contributed by atoms with Crippen LogP contribution in [-0.2, 0) is 0 Å². The summed E-state index contributed by atoms with van der Waals surface area (Å²) < 4.78 is 15.4. The molecule has 0 bridgehead atoms. The third kappa shape index (κ3) is 3.17. The highest BCUT2D eigenvalue weighted by Gasteiger charge is 2.14. The summed E-state index contributed by atoms with van der Waals surface area (Å²) in [5, 5.41) is 2.51. The monoisotopic (exact) mass is 274 g/mol. The van der Waals surface area contributed by atoms with Crippen molar-refractivity contribution in [3.05, 3.63) is 42.6 Å². The minimum absolute atomic E-state index is 0.229. The fraction of sp³-hybridized carbons (Fsp3) is 0.143. The lowest BCUT2D eigenvalue weighted by molar-refractivity contribution is 0.215. The van der Waals surface area contributed by atoms with E-state index in [0.717, 1.165) is 0 Å². The maximum Gasteiger partial charge on any atom is 0.418 e. The fourth-order valence-electron chi connectivity index (χ4n) is 1.60. The molecule has 104 valence electrons. The SMILES string of the molecule is COc1ccnc(NC(=O)Oc2ccccc2)c1OC. The fourth-order valence-corrected chi connectivity index (χ4v) is 1.60. The van der Waals surface area contributed by atoms with Crippen LogP contribution in [0.4, 0.5) is 10.6 Å². The second-order valence-electron chi connectivity index (χ2n) is 3.72. The summed E-state index contributed by atoms with van der Waals surface area (Å²) in [7, 11) is 2.97. The maximum atomic E-state index is 11.8. The molecule has 0 saturated carbocycles. The number of amides is 1. The lowest BCUT2D eigenvalue weighted by Gasteiger charge is -2.12. The zero-order chi connectivity index (χ0) is 14.4. The molecule has 6 nitrogen and oxygen atoms in total. The number of para-hydroxylation sites is 1. The van der Waals surface area contributed by atoms with Crippen LogP contribution in [0.2, 0.25) is 0 Å². The molecule has 0 unspecified atom stereocenters. The van der Waals surface area contributed by atoms with Crippen LogP contribution in [0.15, 0.2) is 42.6 Å². The molecule has 0 aliphatic heterocycles. The predicted molar refractivity (Wildman–Crippen MR) is 73.4 cm³/mol. The lowest BCUT2D eigenvalue weighted by Crippen LogP contribution is -2.18. The molecule has 0 aliphatic rings. The molecular formula is C14H14N2O4. The smallest absolute Gasteiger partial charge is 0.418 e. The van der Waals surface area contributed by atoms with E-state index in [1.807, 2.05) is 6.07 Å². The van der Waals surface area contributed by atoms with Crippen LogP contribution in [0.5, 0.6) is 17.2 Å². The van der Waals surface area contributed by atoms with Gasteiger partial charge in [0.2, 0.25) is 5.75 Å². The Morgan fingerprint density at radius 1 is 1.10 bits per heavy atom. The zero-order valence-corrected chi connectivity index (χ0v) is 11.1. The molecule has 1 aromatic heterocycles. The Bertz CT molecular complexity index is 587. The van der Waals surface area contributed by atoms with Crippen LogP contribution in [0, 0.1) is 0 Å². The summed E-state index contributed by atoms with van der Waals surface area (Å²) in [6, 6.07) is 10.4. The number of hydrogen-bond acceptors (Lipinski definition) is 5. The van der Waals surface area contributed by atoms with Crippen molar-refractivity contribution < 1.29 is 19.0 Å². The maximum absolute atomic E-state index is 11.8. The van der Waals surface area contributed by atoms with Gasteiger partial charge in [-0.1, -0.05) is 18.2 Å². The minimum Gasteiger partial charge on any atom is -0.493 e. The number of nitrogens with zero attached hydrogens (tertiary/aromatic N) is 1. The van der Waals surface area contributed by atoms with E-state index in [9.17, 15) is 4.79 Å². The quantitative estimate of drug-likeness (QED) is 0.928. The number of benzene rings is 1. The van der Waals surface area contributed by atoms with Gasteiger partial charge in [-0.3, -0.25) is 5.32 Å². The van der Waals surface area contributed by atoms with Gasteiger partial charge >= 0.3 is 6.09 Å². The summed E-state index contributed by atoms with van der Waals surface area (Å²) in [6.07, 6.45) is 0.842. The summed E-state index contributed by atoms with van der Waals surface area (Å²) in [6.45, 7) is 0. The third-order valence-corrected chi connectivity index (χ3v) is 2.47. The van der Waals surface area contributed by atoms with Gasteiger partial charge in [-0.2, -0.15) is 0 Å². The topological polar surface area (TPSA) is 69.7 Å². The van der Waals surface area contributed by atoms with Gasteiger partial charge in [-0.25, -0.2) is 9.78 Å². The summed E-state index contributed by atoms with van der Waals surface area (Å²) in [5.74, 6) is 1.47. The minimum atomic E-state index is -0.657. The van der Waals surface area contributed by atoms with Crippen LogP contribution in [0.25, 0.3) is 0 Å². The van der Waals surface area contributed by atoms with Gasteiger partial charge in [-0.15, -0.1) is 0 Å². The molecule has 0 spiro atoms. The van der Waals surface area contributed by atoms with Gasteiger partial charge in [0.25, 0.3) is 0 Å². The van der Waals surface area contributed by atoms with E-state index in [-0.39, 0.29) is 5.82 Å². The van der Waals surface area contributed by atoms with Crippen LogP contribution >= 0.6 is 0 Å². The Kier molecular flexibility index (Phi) is 4.39. The van der Waals surface area contributed by atoms with Crippen LogP contribution in [0.3, 0.4) is 0 Å². The number of anilines is 1. The van der Waals surface area contributed by atoms with E-state index in [4.69, 9.17) is 14.2 Å². The summed E-state index contributed by atoms with van der Waals surface area (Å²) in [4.78, 5) is 15.8. The molecule has 2 aromatic rings. The Balaban J connectivity index is 2.12. The molecule has 2 rings (SSSR count). The molecule has 1 amide bonds. The van der Waals surface area contributed by atoms with E-state index in [0.29, 0.717) is 17.2 Å². The van der Waals surface area contributed by atoms with E-state index in [1.54, 1.807) is 30.3 Å². The van der Waals surface area contributed by atoms with Gasteiger partial charge in [0.05, 0.1) is 14.2 Å². The molecule has 1 aromatic carbocycles. The van der Waals surface area contributed by atoms with Gasteiger partial charge in [0.1, 0.15) is 5.75 Å². The van der Waals surface area contributed by atoms with Gasteiger partial charge in [0.15, 0.2) is 11.6 Å². The highest BCUT2D eigenvalue weighted by molar-refractivity contribution is 5.87. The van der Waals surface area contributed by atoms with Crippen LogP contribution in [0.1, 0.15) is 0 Å². The zero-order valence-electron chi connectivity index (χ0n) is 11.1. The second-order valence-corrected chi connectivity index (χ2v) is 3.72. The van der Waals surface area contributed by atoms with Crippen molar-refractivity contribution in [2.24, 2.45) is 0 Å². The van der Waals surface area contributed by atoms with Gasteiger partial charge < -0.3 is 14.2 Å². The number of ether oxygens (including phenoxy) is 3. The first-order valence-corrected chi connectivity index (χ1v) is 5.85. The number of rotatable bonds is 4. The number of methoxy groups -OCH3 is 2. The Labute approximate surface area is 116 Å². The van der Waals surface area contributed by atoms with Crippen molar-refractivity contribution in [3.8, 4) is 17.2 Å². The van der Waals surface area contributed by atoms with Crippen LogP contribution < -0.4 is 19.5 Å². The summed E-state index contributed by atoms with van der Waals surface area (Å²) in [5.41, 5.74) is 0. The molecule has 1 heterocycles. The first kappa shape index (κ1) is 13.7. The average molecular weight is 274 g/mol. The molecular weight excluding hydrogens is 260 g/mol. The first-order valence-electron chi connectivity index (χ1n) is 5.85. The van der Waals surface area contributed by atoms with E-state index >= 15 is 0 Å². The predicted octanol–water partition coefficient (Wildman–Crippen LogP) is 2.71. The molecule has 6 heteroatoms. The van der Waals surface area contributed by atoms with Crippen molar-refractivity contribution in [2.75, 3.05) is 19.5 Å². The number of aromatic nitrogens is 1. The van der Waals surface area contributed by atoms with Crippen molar-refractivity contribution in [1.82, 2.24) is 4.98 Å². The summed E-state index contributed by atoms with van der Waals surface area (Å²) >= 11 is 0. The first-order chi connectivity index (χ1) is 9.74. The highest BCUT2D eigenvalue weighted by Crippen LogP contribution is 2.32. The molecule has 20 heavy (non-hydrogen) atoms. The largest absolute Gasteiger partial charge is 0.493 e. The molecule has 0 saturated heterocycles. The standard InChI is InChI=1S/C14H14N2O4/c1-18-11-8-9-15-13(12(11)19-2)16-14(17)20-10-6-4-3-5-7-10/h3-9H,1-2H3,(H,15,16,17). The van der Waals surface area contributed by atoms with Gasteiger partial charge in [0, 0.05) is 12.3 Å². The van der Waals surface area contributed by atoms with Crippen molar-refractivity contribution in [3.63, 3.8) is 0 Å². The highest BCUT2D eigenvalue weighted by atomic mass is 16.6. The second kappa shape index (κ2) is 6.42. The van der Waals surface area contributed by atoms with E-state index in [1.165, 1.54) is 20.4 Å². The normalized spacial score (nSPS) is 9.70. The molecule has 0 aliphatic carbocycles. The van der Waals surface area contributed by atoms with Gasteiger partial charge in [-0.05, 0) is 12.1 Å². The molecule has 0 fully saturated rings. The number of nitrogens with one attached hydrogen (secondary N) is 1. The van der Waals surface area contributed by atoms with Crippen molar-refractivity contribution in [1.29, 1.82) is 0 Å². The van der Waals surface area contributed by atoms with E-state index < -0.39 is 6.09 Å². The molecule has 0 radical (unpaired) electrons. The number of carbonyl (C=O) groups is 1. The average Bonchev–Trinajstić information content (AvgIpc) is 2.47. The van der Waals surface area contributed by atoms with Crippen molar-refractivity contribution in [2.45, 2.75) is 0 Å². The number of pyridine rings is 1. The van der Waals surface area contributed by atoms with E-state index in [2.05, 4.69) is 10.3 Å². The number of hydrogen-bond donors (Lipinski definition) is 1. The third-order valence-electron chi connectivity index (χ3n) is 2.47. The molecule has 1 N–H and O–H groups in total. The van der Waals surface area contributed by atoms with Crippen molar-refractivity contribution >= 4 is 11.9 Å². The molecule has 0 atom stereocenters. The Hall–Kier alpha value is -2.76. The Morgan fingerprint density at radius 2 is 1.85 bits per heavy atom. The number of carbonyl (C=O) groups excluding carboxylic acids is 1. The lowest BCUT2D eigenvalue weighted by atomic mass is 10.3. The Morgan fingerprint density at radius 3 is 2.50 bits per heavy atom.